The van der Waals surface area contributed by atoms with Crippen LogP contribution in [0.15, 0.2) is 224 Å². The van der Waals surface area contributed by atoms with Crippen molar-refractivity contribution in [3.8, 4) is 61.6 Å². The standard InChI is InChI=1S/C58H37N3/c1-3-14-38(15-4-1)45-34-46(39-16-5-2-6-17-39)36-47(35-45)40-26-28-43(29-27-40)57-58(60-52-25-12-11-24-51(52)59-57)44-20-13-21-48(37-44)61-53-32-30-41-18-7-9-22-49(41)55(53)56-50-23-10-8-19-42(50)31-33-54(56)61/h1-37H. The molecule has 0 N–H and O–H groups in total. The first-order valence-corrected chi connectivity index (χ1v) is 20.8. The van der Waals surface area contributed by atoms with Crippen molar-refractivity contribution in [2.75, 3.05) is 0 Å². The summed E-state index contributed by atoms with van der Waals surface area (Å²) in [5.74, 6) is 0. The molecule has 2 heterocycles. The van der Waals surface area contributed by atoms with E-state index in [1.165, 1.54) is 65.6 Å². The Morgan fingerprint density at radius 1 is 0.279 bits per heavy atom. The Labute approximate surface area is 353 Å². The van der Waals surface area contributed by atoms with Gasteiger partial charge in [-0.15, -0.1) is 0 Å². The van der Waals surface area contributed by atoms with Gasteiger partial charge in [0.15, 0.2) is 0 Å². The van der Waals surface area contributed by atoms with E-state index in [4.69, 9.17) is 9.97 Å². The van der Waals surface area contributed by atoms with Gasteiger partial charge in [-0.05, 0) is 110 Å². The van der Waals surface area contributed by atoms with Crippen molar-refractivity contribution in [1.82, 2.24) is 14.5 Å². The Morgan fingerprint density at radius 2 is 0.705 bits per heavy atom. The molecule has 12 aromatic rings. The molecule has 0 aliphatic heterocycles. The van der Waals surface area contributed by atoms with E-state index in [9.17, 15) is 0 Å². The van der Waals surface area contributed by atoms with Crippen LogP contribution in [0.5, 0.6) is 0 Å². The zero-order valence-corrected chi connectivity index (χ0v) is 33.2. The number of rotatable bonds is 6. The van der Waals surface area contributed by atoms with Gasteiger partial charge in [0.25, 0.3) is 0 Å². The summed E-state index contributed by atoms with van der Waals surface area (Å²) in [5.41, 5.74) is 15.9. The first-order chi connectivity index (χ1) is 30.2. The van der Waals surface area contributed by atoms with Gasteiger partial charge < -0.3 is 4.57 Å². The molecule has 12 rings (SSSR count). The van der Waals surface area contributed by atoms with Crippen LogP contribution in [0.3, 0.4) is 0 Å². The molecular weight excluding hydrogens is 739 g/mol. The van der Waals surface area contributed by atoms with Crippen molar-refractivity contribution in [3.63, 3.8) is 0 Å². The molecule has 0 bridgehead atoms. The van der Waals surface area contributed by atoms with Crippen LogP contribution in [-0.4, -0.2) is 14.5 Å². The molecule has 3 heteroatoms. The van der Waals surface area contributed by atoms with E-state index in [1.807, 2.05) is 18.2 Å². The normalized spacial score (nSPS) is 11.6. The zero-order chi connectivity index (χ0) is 40.3. The van der Waals surface area contributed by atoms with Gasteiger partial charge in [0.2, 0.25) is 0 Å². The summed E-state index contributed by atoms with van der Waals surface area (Å²) in [7, 11) is 0. The van der Waals surface area contributed by atoms with Crippen molar-refractivity contribution in [2.45, 2.75) is 0 Å². The number of benzene rings is 10. The highest BCUT2D eigenvalue weighted by Gasteiger charge is 2.19. The largest absolute Gasteiger partial charge is 0.309 e. The summed E-state index contributed by atoms with van der Waals surface area (Å²) in [5, 5.41) is 7.52. The van der Waals surface area contributed by atoms with Gasteiger partial charge in [-0.2, -0.15) is 0 Å². The number of fused-ring (bicyclic) bond motifs is 8. The molecular formula is C58H37N3. The van der Waals surface area contributed by atoms with Gasteiger partial charge in [0.1, 0.15) is 0 Å². The minimum atomic E-state index is 0.849. The molecule has 2 aromatic heterocycles. The molecule has 0 amide bonds. The summed E-state index contributed by atoms with van der Waals surface area (Å²) in [6, 6.07) is 80.4. The lowest BCUT2D eigenvalue weighted by Crippen LogP contribution is -1.98. The summed E-state index contributed by atoms with van der Waals surface area (Å²) in [6.07, 6.45) is 0. The third kappa shape index (κ3) is 5.98. The predicted molar refractivity (Wildman–Crippen MR) is 256 cm³/mol. The maximum Gasteiger partial charge on any atom is 0.0973 e. The third-order valence-electron chi connectivity index (χ3n) is 12.1. The average molecular weight is 776 g/mol. The maximum absolute atomic E-state index is 5.35. The number of nitrogens with zero attached hydrogens (tertiary/aromatic N) is 3. The fourth-order valence-electron chi connectivity index (χ4n) is 9.23. The van der Waals surface area contributed by atoms with E-state index < -0.39 is 0 Å². The molecule has 61 heavy (non-hydrogen) atoms. The van der Waals surface area contributed by atoms with Crippen LogP contribution in [0.2, 0.25) is 0 Å². The molecule has 0 aliphatic rings. The molecule has 0 fully saturated rings. The fourth-order valence-corrected chi connectivity index (χ4v) is 9.23. The van der Waals surface area contributed by atoms with Crippen LogP contribution in [0, 0.1) is 0 Å². The van der Waals surface area contributed by atoms with Crippen LogP contribution in [0.25, 0.3) is 116 Å². The Bertz CT molecular complexity index is 3470. The van der Waals surface area contributed by atoms with Crippen molar-refractivity contribution in [1.29, 1.82) is 0 Å². The lowest BCUT2D eigenvalue weighted by atomic mass is 9.92. The van der Waals surface area contributed by atoms with Gasteiger partial charge in [0, 0.05) is 27.6 Å². The van der Waals surface area contributed by atoms with Crippen LogP contribution in [-0.2, 0) is 0 Å². The molecule has 0 radical (unpaired) electrons. The minimum absolute atomic E-state index is 0.849. The molecule has 0 spiro atoms. The molecule has 10 aromatic carbocycles. The van der Waals surface area contributed by atoms with Gasteiger partial charge in [-0.1, -0.05) is 170 Å². The number of aromatic nitrogens is 3. The zero-order valence-electron chi connectivity index (χ0n) is 33.2. The van der Waals surface area contributed by atoms with E-state index in [0.717, 1.165) is 50.4 Å². The molecule has 0 atom stereocenters. The Morgan fingerprint density at radius 3 is 1.25 bits per heavy atom. The van der Waals surface area contributed by atoms with E-state index >= 15 is 0 Å². The fraction of sp³-hybridized carbons (Fsp3) is 0. The van der Waals surface area contributed by atoms with Crippen LogP contribution < -0.4 is 0 Å². The van der Waals surface area contributed by atoms with Crippen molar-refractivity contribution in [2.24, 2.45) is 0 Å². The molecule has 0 saturated carbocycles. The van der Waals surface area contributed by atoms with E-state index in [2.05, 4.69) is 211 Å². The third-order valence-corrected chi connectivity index (χ3v) is 12.1. The quantitative estimate of drug-likeness (QED) is 0.168. The Balaban J connectivity index is 1.01. The highest BCUT2D eigenvalue weighted by molar-refractivity contribution is 6.28. The smallest absolute Gasteiger partial charge is 0.0973 e. The molecule has 284 valence electrons. The van der Waals surface area contributed by atoms with E-state index in [0.29, 0.717) is 0 Å². The number of para-hydroxylation sites is 2. The topological polar surface area (TPSA) is 30.7 Å². The Hall–Kier alpha value is -8.14. The lowest BCUT2D eigenvalue weighted by molar-refractivity contribution is 1.18. The van der Waals surface area contributed by atoms with Crippen LogP contribution >= 0.6 is 0 Å². The highest BCUT2D eigenvalue weighted by atomic mass is 15.0. The molecule has 0 aliphatic carbocycles. The second-order valence-corrected chi connectivity index (χ2v) is 15.8. The Kier molecular flexibility index (Phi) is 8.17. The summed E-state index contributed by atoms with van der Waals surface area (Å²) in [4.78, 5) is 10.7. The minimum Gasteiger partial charge on any atom is -0.309 e. The van der Waals surface area contributed by atoms with E-state index in [1.54, 1.807) is 0 Å². The van der Waals surface area contributed by atoms with Crippen LogP contribution in [0.1, 0.15) is 0 Å². The number of hydrogen-bond donors (Lipinski definition) is 0. The predicted octanol–water partition coefficient (Wildman–Crippen LogP) is 15.4. The van der Waals surface area contributed by atoms with Crippen molar-refractivity contribution >= 4 is 54.4 Å². The SMILES string of the molecule is c1ccc(-c2cc(-c3ccccc3)cc(-c3ccc(-c4nc5ccccc5nc4-c4cccc(-n5c6ccc7ccccc7c6c6c7ccccc7ccc65)c4)cc3)c2)cc1. The first kappa shape index (κ1) is 34.9. The first-order valence-electron chi connectivity index (χ1n) is 20.8. The second-order valence-electron chi connectivity index (χ2n) is 15.8. The maximum atomic E-state index is 5.35. The molecule has 0 unspecified atom stereocenters. The average Bonchev–Trinajstić information content (AvgIpc) is 3.70. The van der Waals surface area contributed by atoms with Crippen LogP contribution in [0.4, 0.5) is 0 Å². The van der Waals surface area contributed by atoms with E-state index in [-0.39, 0.29) is 0 Å². The summed E-state index contributed by atoms with van der Waals surface area (Å²) >= 11 is 0. The van der Waals surface area contributed by atoms with Gasteiger partial charge >= 0.3 is 0 Å². The summed E-state index contributed by atoms with van der Waals surface area (Å²) in [6.45, 7) is 0. The summed E-state index contributed by atoms with van der Waals surface area (Å²) < 4.78 is 2.42. The van der Waals surface area contributed by atoms with Gasteiger partial charge in [-0.25, -0.2) is 9.97 Å². The highest BCUT2D eigenvalue weighted by Crippen LogP contribution is 2.42. The second kappa shape index (κ2) is 14.3. The molecule has 3 nitrogen and oxygen atoms in total. The van der Waals surface area contributed by atoms with Crippen molar-refractivity contribution in [3.05, 3.63) is 224 Å². The number of hydrogen-bond acceptors (Lipinski definition) is 2. The monoisotopic (exact) mass is 775 g/mol. The van der Waals surface area contributed by atoms with Gasteiger partial charge in [-0.3, -0.25) is 0 Å². The lowest BCUT2D eigenvalue weighted by Gasteiger charge is -2.14. The molecule has 0 saturated heterocycles. The van der Waals surface area contributed by atoms with Gasteiger partial charge in [0.05, 0.1) is 33.5 Å². The van der Waals surface area contributed by atoms with Crippen molar-refractivity contribution < 1.29 is 0 Å².